The fourth-order valence-electron chi connectivity index (χ4n) is 2.48. The van der Waals surface area contributed by atoms with Crippen LogP contribution in [0.3, 0.4) is 0 Å². The highest BCUT2D eigenvalue weighted by molar-refractivity contribution is 5.78. The lowest BCUT2D eigenvalue weighted by atomic mass is 9.96. The van der Waals surface area contributed by atoms with Crippen molar-refractivity contribution < 1.29 is 0 Å². The molecule has 2 heteroatoms. The number of nitrogens with zero attached hydrogens (tertiary/aromatic N) is 2. The van der Waals surface area contributed by atoms with Crippen LogP contribution in [0, 0.1) is 13.8 Å². The van der Waals surface area contributed by atoms with Gasteiger partial charge < -0.3 is 4.57 Å². The molecule has 2 aromatic rings. The molecule has 0 bridgehead atoms. The second-order valence-electron chi connectivity index (χ2n) is 5.52. The van der Waals surface area contributed by atoms with E-state index in [-0.39, 0.29) is 0 Å². The Morgan fingerprint density at radius 1 is 1.27 bits per heavy atom. The van der Waals surface area contributed by atoms with Crippen LogP contribution in [-0.2, 0) is 6.54 Å². The van der Waals surface area contributed by atoms with Crippen LogP contribution in [0.2, 0.25) is 0 Å². The molecule has 0 aliphatic rings. The molecule has 0 aliphatic carbocycles. The van der Waals surface area contributed by atoms with E-state index in [1.807, 2.05) is 13.3 Å². The summed E-state index contributed by atoms with van der Waals surface area (Å²) in [6.45, 7) is 13.4. The minimum absolute atomic E-state index is 0.827. The molecular weight excluding hydrogens is 268 g/mol. The van der Waals surface area contributed by atoms with Crippen molar-refractivity contribution in [1.29, 1.82) is 0 Å². The number of imidazole rings is 1. The molecule has 0 atom stereocenters. The highest BCUT2D eigenvalue weighted by Crippen LogP contribution is 2.25. The Morgan fingerprint density at radius 2 is 2.05 bits per heavy atom. The molecule has 1 aromatic heterocycles. The Balaban J connectivity index is 2.24. The summed E-state index contributed by atoms with van der Waals surface area (Å²) in [6, 6.07) is 6.31. The first kappa shape index (κ1) is 16.0. The molecule has 0 fully saturated rings. The standard InChI is InChI=1S/C20H24N2/c1-6-9-18(7-2)12-22-13-20(21-14-22)17(5)19-11-8-10-15(3)16(19)4/h6-11,13-14H,5,12H2,1-4H3. The predicted octanol–water partition coefficient (Wildman–Crippen LogP) is 5.08. The largest absolute Gasteiger partial charge is 0.332 e. The zero-order valence-electron chi connectivity index (χ0n) is 13.9. The first-order valence-corrected chi connectivity index (χ1v) is 7.62. The van der Waals surface area contributed by atoms with Crippen LogP contribution in [0.1, 0.15) is 36.2 Å². The molecule has 0 spiro atoms. The highest BCUT2D eigenvalue weighted by Gasteiger charge is 2.09. The Kier molecular flexibility index (Phi) is 5.16. The smallest absolute Gasteiger partial charge is 0.0956 e. The summed E-state index contributed by atoms with van der Waals surface area (Å²) in [5, 5.41) is 0. The van der Waals surface area contributed by atoms with E-state index in [2.05, 4.69) is 79.5 Å². The molecule has 22 heavy (non-hydrogen) atoms. The van der Waals surface area contributed by atoms with Crippen molar-refractivity contribution >= 4 is 5.57 Å². The zero-order chi connectivity index (χ0) is 16.1. The van der Waals surface area contributed by atoms with Gasteiger partial charge in [-0.25, -0.2) is 4.98 Å². The molecule has 114 valence electrons. The Hall–Kier alpha value is -2.35. The fraction of sp³-hybridized carbons (Fsp3) is 0.250. The molecule has 0 radical (unpaired) electrons. The second kappa shape index (κ2) is 7.08. The normalized spacial score (nSPS) is 12.1. The third-order valence-electron chi connectivity index (χ3n) is 3.99. The van der Waals surface area contributed by atoms with Crippen molar-refractivity contribution in [3.8, 4) is 0 Å². The molecule has 0 aliphatic heterocycles. The molecule has 0 saturated carbocycles. The fourth-order valence-corrected chi connectivity index (χ4v) is 2.48. The molecular formula is C20H24N2. The summed E-state index contributed by atoms with van der Waals surface area (Å²) >= 11 is 0. The van der Waals surface area contributed by atoms with Crippen LogP contribution < -0.4 is 0 Å². The molecule has 2 rings (SSSR count). The van der Waals surface area contributed by atoms with E-state index in [1.54, 1.807) is 0 Å². The maximum atomic E-state index is 4.52. The number of rotatable bonds is 5. The molecule has 0 amide bonds. The minimum atomic E-state index is 0.827. The maximum absolute atomic E-state index is 4.52. The van der Waals surface area contributed by atoms with Crippen LogP contribution in [-0.4, -0.2) is 9.55 Å². The number of aromatic nitrogens is 2. The number of aryl methyl sites for hydroxylation is 1. The lowest BCUT2D eigenvalue weighted by Crippen LogP contribution is -1.96. The molecule has 1 aromatic carbocycles. The average molecular weight is 292 g/mol. The van der Waals surface area contributed by atoms with E-state index >= 15 is 0 Å². The van der Waals surface area contributed by atoms with Gasteiger partial charge in [0.2, 0.25) is 0 Å². The van der Waals surface area contributed by atoms with Crippen molar-refractivity contribution in [2.24, 2.45) is 0 Å². The first-order valence-electron chi connectivity index (χ1n) is 7.62. The van der Waals surface area contributed by atoms with E-state index in [1.165, 1.54) is 22.3 Å². The monoisotopic (exact) mass is 292 g/mol. The Bertz CT molecular complexity index is 730. The van der Waals surface area contributed by atoms with Crippen LogP contribution in [0.5, 0.6) is 0 Å². The molecule has 1 heterocycles. The van der Waals surface area contributed by atoms with Gasteiger partial charge in [0.1, 0.15) is 0 Å². The second-order valence-corrected chi connectivity index (χ2v) is 5.52. The lowest BCUT2D eigenvalue weighted by molar-refractivity contribution is 0.795. The van der Waals surface area contributed by atoms with Gasteiger partial charge in [-0.1, -0.05) is 43.0 Å². The van der Waals surface area contributed by atoms with Crippen LogP contribution >= 0.6 is 0 Å². The van der Waals surface area contributed by atoms with E-state index < -0.39 is 0 Å². The third-order valence-corrected chi connectivity index (χ3v) is 3.99. The first-order chi connectivity index (χ1) is 10.6. The van der Waals surface area contributed by atoms with Crippen molar-refractivity contribution in [1.82, 2.24) is 9.55 Å². The zero-order valence-corrected chi connectivity index (χ0v) is 13.9. The average Bonchev–Trinajstić information content (AvgIpc) is 2.97. The van der Waals surface area contributed by atoms with Crippen molar-refractivity contribution in [3.05, 3.63) is 83.5 Å². The van der Waals surface area contributed by atoms with Gasteiger partial charge in [0.25, 0.3) is 0 Å². The lowest BCUT2D eigenvalue weighted by Gasteiger charge is -2.09. The van der Waals surface area contributed by atoms with Crippen molar-refractivity contribution in [3.63, 3.8) is 0 Å². The van der Waals surface area contributed by atoms with Crippen LogP contribution in [0.25, 0.3) is 5.57 Å². The van der Waals surface area contributed by atoms with E-state index in [4.69, 9.17) is 0 Å². The molecule has 0 saturated heterocycles. The Labute approximate surface area is 133 Å². The molecule has 2 nitrogen and oxygen atoms in total. The topological polar surface area (TPSA) is 17.8 Å². The predicted molar refractivity (Wildman–Crippen MR) is 94.9 cm³/mol. The van der Waals surface area contributed by atoms with Crippen molar-refractivity contribution in [2.75, 3.05) is 0 Å². The highest BCUT2D eigenvalue weighted by atomic mass is 15.0. The van der Waals surface area contributed by atoms with E-state index in [9.17, 15) is 0 Å². The van der Waals surface area contributed by atoms with E-state index in [0.717, 1.165) is 17.8 Å². The van der Waals surface area contributed by atoms with Gasteiger partial charge in [-0.15, -0.1) is 0 Å². The molecule has 0 N–H and O–H groups in total. The summed E-state index contributed by atoms with van der Waals surface area (Å²) in [4.78, 5) is 4.52. The van der Waals surface area contributed by atoms with E-state index in [0.29, 0.717) is 0 Å². The molecule has 0 unspecified atom stereocenters. The van der Waals surface area contributed by atoms with Crippen LogP contribution in [0.15, 0.2) is 61.1 Å². The van der Waals surface area contributed by atoms with Gasteiger partial charge >= 0.3 is 0 Å². The maximum Gasteiger partial charge on any atom is 0.0956 e. The van der Waals surface area contributed by atoms with Crippen molar-refractivity contribution in [2.45, 2.75) is 34.2 Å². The summed E-state index contributed by atoms with van der Waals surface area (Å²) in [5.41, 5.74) is 6.90. The number of hydrogen-bond donors (Lipinski definition) is 0. The quantitative estimate of drug-likeness (QED) is 0.702. The van der Waals surface area contributed by atoms with Gasteiger partial charge in [0, 0.05) is 18.3 Å². The number of hydrogen-bond acceptors (Lipinski definition) is 1. The SMILES string of the molecule is C=C(c1cn(CC(C=CC)=CC)cn1)c1cccc(C)c1C. The van der Waals surface area contributed by atoms with Gasteiger partial charge in [-0.05, 0) is 50.0 Å². The van der Waals surface area contributed by atoms with Gasteiger partial charge in [0.05, 0.1) is 12.0 Å². The number of allylic oxidation sites excluding steroid dienone is 4. The van der Waals surface area contributed by atoms with Gasteiger partial charge in [0.15, 0.2) is 0 Å². The summed E-state index contributed by atoms with van der Waals surface area (Å²) in [5.74, 6) is 0. The van der Waals surface area contributed by atoms with Crippen LogP contribution in [0.4, 0.5) is 0 Å². The van der Waals surface area contributed by atoms with Gasteiger partial charge in [-0.3, -0.25) is 0 Å². The number of benzene rings is 1. The van der Waals surface area contributed by atoms with Gasteiger partial charge in [-0.2, -0.15) is 0 Å². The minimum Gasteiger partial charge on any atom is -0.332 e. The summed E-state index contributed by atoms with van der Waals surface area (Å²) < 4.78 is 2.10. The Morgan fingerprint density at radius 3 is 2.73 bits per heavy atom. The third kappa shape index (κ3) is 3.45. The summed E-state index contributed by atoms with van der Waals surface area (Å²) in [6.07, 6.45) is 10.2. The summed E-state index contributed by atoms with van der Waals surface area (Å²) in [7, 11) is 0.